The molecule has 1 aliphatic rings. The highest BCUT2D eigenvalue weighted by Gasteiger charge is 2.39. The summed E-state index contributed by atoms with van der Waals surface area (Å²) in [6, 6.07) is 12.5. The largest absolute Gasteiger partial charge is 0.326 e. The highest BCUT2D eigenvalue weighted by molar-refractivity contribution is 7.89. The van der Waals surface area contributed by atoms with E-state index in [1.165, 1.54) is 4.31 Å². The zero-order chi connectivity index (χ0) is 18.2. The smallest absolute Gasteiger partial charge is 0.271 e. The Hall–Kier alpha value is -1.71. The van der Waals surface area contributed by atoms with Crippen molar-refractivity contribution in [1.82, 2.24) is 4.31 Å². The lowest BCUT2D eigenvalue weighted by Gasteiger charge is -2.17. The summed E-state index contributed by atoms with van der Waals surface area (Å²) in [5.41, 5.74) is 6.86. The molecule has 1 heterocycles. The summed E-state index contributed by atoms with van der Waals surface area (Å²) >= 11 is 5.98. The number of nitro benzene ring substituents is 1. The second kappa shape index (κ2) is 7.89. The van der Waals surface area contributed by atoms with Gasteiger partial charge in [0.1, 0.15) is 4.90 Å². The molecule has 2 aromatic carbocycles. The predicted molar refractivity (Wildman–Crippen MR) is 101 cm³/mol. The van der Waals surface area contributed by atoms with E-state index in [9.17, 15) is 18.5 Å². The molecule has 0 aromatic heterocycles. The fraction of sp³-hybridized carbons (Fsp3) is 0.250. The quantitative estimate of drug-likeness (QED) is 0.607. The van der Waals surface area contributed by atoms with E-state index in [0.717, 1.165) is 23.8 Å². The summed E-state index contributed by atoms with van der Waals surface area (Å²) in [6.07, 6.45) is 0. The number of nitro groups is 1. The average Bonchev–Trinajstić information content (AvgIpc) is 2.98. The summed E-state index contributed by atoms with van der Waals surface area (Å²) in [5, 5.41) is 10.6. The molecule has 0 spiro atoms. The van der Waals surface area contributed by atoms with Crippen molar-refractivity contribution in [2.75, 3.05) is 13.1 Å². The average molecular weight is 418 g/mol. The molecular formula is C16H17Cl2N3O4S. The van der Waals surface area contributed by atoms with Crippen LogP contribution in [-0.4, -0.2) is 36.8 Å². The number of benzene rings is 2. The van der Waals surface area contributed by atoms with E-state index >= 15 is 0 Å². The number of non-ortho nitro benzene ring substituents is 1. The van der Waals surface area contributed by atoms with Crippen LogP contribution < -0.4 is 5.73 Å². The third-order valence-electron chi connectivity index (χ3n) is 4.30. The van der Waals surface area contributed by atoms with Crippen LogP contribution in [0.4, 0.5) is 5.69 Å². The minimum atomic E-state index is -3.89. The minimum Gasteiger partial charge on any atom is -0.326 e. The van der Waals surface area contributed by atoms with Gasteiger partial charge in [0, 0.05) is 37.2 Å². The van der Waals surface area contributed by atoms with Gasteiger partial charge >= 0.3 is 0 Å². The highest BCUT2D eigenvalue weighted by Crippen LogP contribution is 2.33. The Morgan fingerprint density at radius 1 is 1.15 bits per heavy atom. The maximum absolute atomic E-state index is 12.9. The zero-order valence-electron chi connectivity index (χ0n) is 13.5. The number of rotatable bonds is 4. The van der Waals surface area contributed by atoms with Crippen molar-refractivity contribution in [1.29, 1.82) is 0 Å². The molecule has 26 heavy (non-hydrogen) atoms. The van der Waals surface area contributed by atoms with Crippen LogP contribution in [0.2, 0.25) is 5.02 Å². The molecule has 0 bridgehead atoms. The Kier molecular flexibility index (Phi) is 6.25. The van der Waals surface area contributed by atoms with Crippen molar-refractivity contribution in [3.05, 3.63) is 69.2 Å². The Bertz CT molecular complexity index is 909. The first kappa shape index (κ1) is 20.6. The molecule has 1 aliphatic heterocycles. The molecule has 1 fully saturated rings. The van der Waals surface area contributed by atoms with Crippen LogP contribution in [0, 0.1) is 10.1 Å². The maximum atomic E-state index is 12.9. The third-order valence-corrected chi connectivity index (χ3v) is 6.62. The van der Waals surface area contributed by atoms with Gasteiger partial charge in [-0.1, -0.05) is 41.9 Å². The fourth-order valence-corrected chi connectivity index (χ4v) is 5.01. The zero-order valence-corrected chi connectivity index (χ0v) is 15.9. The van der Waals surface area contributed by atoms with Crippen LogP contribution in [0.1, 0.15) is 11.5 Å². The van der Waals surface area contributed by atoms with Gasteiger partial charge in [-0.05, 0) is 11.6 Å². The van der Waals surface area contributed by atoms with Gasteiger partial charge in [-0.2, -0.15) is 4.31 Å². The van der Waals surface area contributed by atoms with E-state index < -0.39 is 14.9 Å². The summed E-state index contributed by atoms with van der Waals surface area (Å²) in [5.74, 6) is -0.118. The minimum absolute atomic E-state index is 0. The van der Waals surface area contributed by atoms with Gasteiger partial charge in [0.25, 0.3) is 5.69 Å². The molecule has 2 atom stereocenters. The monoisotopic (exact) mass is 417 g/mol. The molecule has 3 rings (SSSR count). The van der Waals surface area contributed by atoms with E-state index in [2.05, 4.69) is 0 Å². The molecule has 2 aromatic rings. The second-order valence-electron chi connectivity index (χ2n) is 5.87. The van der Waals surface area contributed by atoms with Crippen LogP contribution in [0.15, 0.2) is 53.4 Å². The van der Waals surface area contributed by atoms with Crippen LogP contribution in [0.5, 0.6) is 0 Å². The SMILES string of the molecule is Cl.N[C@@H]1CN(S(=O)(=O)c2ccc([N+](=O)[O-])cc2Cl)C[C@H]1c1ccccc1. The maximum Gasteiger partial charge on any atom is 0.271 e. The number of halogens is 2. The Balaban J connectivity index is 0.00000243. The molecule has 0 amide bonds. The van der Waals surface area contributed by atoms with E-state index in [1.807, 2.05) is 30.3 Å². The second-order valence-corrected chi connectivity index (χ2v) is 8.19. The van der Waals surface area contributed by atoms with Crippen molar-refractivity contribution in [3.63, 3.8) is 0 Å². The number of nitrogens with zero attached hydrogens (tertiary/aromatic N) is 2. The third kappa shape index (κ3) is 3.84. The predicted octanol–water partition coefficient (Wildman–Crippen LogP) is 2.79. The topological polar surface area (TPSA) is 107 Å². The van der Waals surface area contributed by atoms with E-state index in [4.69, 9.17) is 17.3 Å². The molecule has 1 saturated heterocycles. The summed E-state index contributed by atoms with van der Waals surface area (Å²) in [6.45, 7) is 0.399. The highest BCUT2D eigenvalue weighted by atomic mass is 35.5. The number of hydrogen-bond acceptors (Lipinski definition) is 5. The normalized spacial score (nSPS) is 20.5. The van der Waals surface area contributed by atoms with Gasteiger partial charge in [0.05, 0.1) is 9.95 Å². The molecule has 0 aliphatic carbocycles. The van der Waals surface area contributed by atoms with Gasteiger partial charge in [-0.15, -0.1) is 12.4 Å². The Morgan fingerprint density at radius 3 is 2.38 bits per heavy atom. The summed E-state index contributed by atoms with van der Waals surface area (Å²) in [7, 11) is -3.89. The number of sulfonamides is 1. The van der Waals surface area contributed by atoms with E-state index in [1.54, 1.807) is 0 Å². The Morgan fingerprint density at radius 2 is 1.81 bits per heavy atom. The lowest BCUT2D eigenvalue weighted by Crippen LogP contribution is -2.32. The van der Waals surface area contributed by atoms with Gasteiger partial charge in [0.15, 0.2) is 0 Å². The molecule has 2 N–H and O–H groups in total. The van der Waals surface area contributed by atoms with Gasteiger partial charge in [0.2, 0.25) is 10.0 Å². The van der Waals surface area contributed by atoms with Crippen molar-refractivity contribution in [2.45, 2.75) is 16.9 Å². The van der Waals surface area contributed by atoms with E-state index in [0.29, 0.717) is 0 Å². The number of hydrogen-bond donors (Lipinski definition) is 1. The molecule has 140 valence electrons. The molecule has 0 radical (unpaired) electrons. The molecule has 10 heteroatoms. The summed E-state index contributed by atoms with van der Waals surface area (Å²) in [4.78, 5) is 10.0. The van der Waals surface area contributed by atoms with Crippen molar-refractivity contribution < 1.29 is 13.3 Å². The first-order chi connectivity index (χ1) is 11.8. The van der Waals surface area contributed by atoms with Crippen molar-refractivity contribution in [2.24, 2.45) is 5.73 Å². The van der Waals surface area contributed by atoms with Crippen LogP contribution in [0.25, 0.3) is 0 Å². The van der Waals surface area contributed by atoms with Gasteiger partial charge in [-0.25, -0.2) is 8.42 Å². The first-order valence-corrected chi connectivity index (χ1v) is 9.37. The van der Waals surface area contributed by atoms with Crippen LogP contribution in [0.3, 0.4) is 0 Å². The van der Waals surface area contributed by atoms with Gasteiger partial charge in [-0.3, -0.25) is 10.1 Å². The van der Waals surface area contributed by atoms with Crippen molar-refractivity contribution in [3.8, 4) is 0 Å². The standard InChI is InChI=1S/C16H16ClN3O4S.ClH/c17-14-8-12(20(21)22)6-7-16(14)25(23,24)19-9-13(15(18)10-19)11-4-2-1-3-5-11;/h1-8,13,15H,9-10,18H2;1H/t13-,15+;/m0./s1. The lowest BCUT2D eigenvalue weighted by atomic mass is 9.95. The molecular weight excluding hydrogens is 401 g/mol. The van der Waals surface area contributed by atoms with Gasteiger partial charge < -0.3 is 5.73 Å². The molecule has 0 saturated carbocycles. The summed E-state index contributed by atoms with van der Waals surface area (Å²) < 4.78 is 27.0. The van der Waals surface area contributed by atoms with Crippen LogP contribution in [-0.2, 0) is 10.0 Å². The fourth-order valence-electron chi connectivity index (χ4n) is 2.99. The first-order valence-electron chi connectivity index (χ1n) is 7.55. The van der Waals surface area contributed by atoms with Crippen molar-refractivity contribution >= 4 is 39.7 Å². The molecule has 0 unspecified atom stereocenters. The number of nitrogens with two attached hydrogens (primary N) is 1. The van der Waals surface area contributed by atoms with Crippen LogP contribution >= 0.6 is 24.0 Å². The Labute approximate surface area is 162 Å². The lowest BCUT2D eigenvalue weighted by molar-refractivity contribution is -0.384. The molecule has 7 nitrogen and oxygen atoms in total. The van der Waals surface area contributed by atoms with E-state index in [-0.39, 0.29) is 53.1 Å².